The molecule has 0 saturated heterocycles. The molecule has 0 radical (unpaired) electrons. The molecule has 0 heteroatoms. The van der Waals surface area contributed by atoms with E-state index in [-0.39, 0.29) is 38.6 Å². The Kier molecular flexibility index (Phi) is 0. The van der Waals surface area contributed by atoms with Crippen molar-refractivity contribution in [3.63, 3.8) is 0 Å². The summed E-state index contributed by atoms with van der Waals surface area (Å²) in [6, 6.07) is 0. The SMILES string of the molecule is C.C.C.C.C.[HH]. The Bertz CT molecular complexity index is 3.90. The summed E-state index contributed by atoms with van der Waals surface area (Å²) in [5.41, 5.74) is 0. The van der Waals surface area contributed by atoms with Crippen molar-refractivity contribution in [2.75, 3.05) is 0 Å². The van der Waals surface area contributed by atoms with Crippen molar-refractivity contribution in [1.82, 2.24) is 0 Å². The second-order valence-corrected chi connectivity index (χ2v) is 0. The van der Waals surface area contributed by atoms with Crippen molar-refractivity contribution in [3.05, 3.63) is 0 Å². The van der Waals surface area contributed by atoms with Gasteiger partial charge in [-0.15, -0.1) is 0 Å². The highest BCUT2D eigenvalue weighted by Gasteiger charge is -0.0736. The van der Waals surface area contributed by atoms with Crippen LogP contribution >= 0.6 is 0 Å². The summed E-state index contributed by atoms with van der Waals surface area (Å²) < 4.78 is 0. The van der Waals surface area contributed by atoms with E-state index in [1.165, 1.54) is 0 Å². The van der Waals surface area contributed by atoms with Crippen LogP contribution in [0.2, 0.25) is 0 Å². The van der Waals surface area contributed by atoms with Crippen molar-refractivity contribution < 1.29 is 1.43 Å². The average molecular weight is 82.2 g/mol. The van der Waals surface area contributed by atoms with Crippen LogP contribution in [0.5, 0.6) is 0 Å². The molecule has 0 aliphatic carbocycles. The van der Waals surface area contributed by atoms with E-state index in [0.717, 1.165) is 0 Å². The topological polar surface area (TPSA) is 0 Å². The Morgan fingerprint density at radius 3 is 0.400 bits per heavy atom. The fourth-order valence-corrected chi connectivity index (χ4v) is 0. The lowest BCUT2D eigenvalue weighted by Crippen LogP contribution is 0.143. The molecule has 0 amide bonds. The van der Waals surface area contributed by atoms with E-state index in [1.807, 2.05) is 0 Å². The van der Waals surface area contributed by atoms with E-state index >= 15 is 0 Å². The van der Waals surface area contributed by atoms with Gasteiger partial charge in [-0.25, -0.2) is 0 Å². The Balaban J connectivity index is 0. The molecule has 0 N–H and O–H groups in total. The number of hydrogen-bond acceptors (Lipinski definition) is 0. The molecular formula is C5H22. The van der Waals surface area contributed by atoms with E-state index < -0.39 is 0 Å². The maximum atomic E-state index is 0. The lowest BCUT2D eigenvalue weighted by Gasteiger charge is -0.0786. The van der Waals surface area contributed by atoms with Crippen LogP contribution in [0.3, 0.4) is 0 Å². The Morgan fingerprint density at radius 2 is 0.400 bits per heavy atom. The van der Waals surface area contributed by atoms with Crippen molar-refractivity contribution in [1.29, 1.82) is 0 Å². The second-order valence-electron chi connectivity index (χ2n) is 0. The van der Waals surface area contributed by atoms with Crippen LogP contribution in [0, 0.1) is 0 Å². The minimum atomic E-state index is 0. The smallest absolute Gasteiger partial charge is 0 e. The number of hydrogen-bond donors (Lipinski definition) is 0. The largest absolute Gasteiger partial charge is 0.0776 e. The van der Waals surface area contributed by atoms with Crippen LogP contribution in [0.4, 0.5) is 0 Å². The van der Waals surface area contributed by atoms with Gasteiger partial charge in [0.15, 0.2) is 0 Å². The first-order valence-electron chi connectivity index (χ1n) is 0. The fourth-order valence-electron chi connectivity index (χ4n) is 0. The molecule has 0 nitrogen and oxygen atoms in total. The summed E-state index contributed by atoms with van der Waals surface area (Å²) in [5, 5.41) is 0. The van der Waals surface area contributed by atoms with Crippen LogP contribution < -0.4 is 0 Å². The first kappa shape index (κ1) is 0. The van der Waals surface area contributed by atoms with Gasteiger partial charge in [-0.05, 0) is 0 Å². The molecule has 0 fully saturated rings. The van der Waals surface area contributed by atoms with Crippen molar-refractivity contribution in [3.8, 4) is 0 Å². The van der Waals surface area contributed by atoms with E-state index in [0.29, 0.717) is 0 Å². The highest BCUT2D eigenvalue weighted by Crippen LogP contribution is 0.148. The lowest BCUT2D eigenvalue weighted by molar-refractivity contribution is 2.50. The molecule has 0 aliphatic heterocycles. The van der Waals surface area contributed by atoms with Crippen molar-refractivity contribution >= 4 is 0 Å². The molecule has 0 spiro atoms. The standard InChI is InChI=1S/5CH4.H2/h5*1H4;1H. The van der Waals surface area contributed by atoms with Gasteiger partial charge in [0.25, 0.3) is 0 Å². The van der Waals surface area contributed by atoms with Gasteiger partial charge in [0.1, 0.15) is 0 Å². The maximum Gasteiger partial charge on any atom is 0 e. The van der Waals surface area contributed by atoms with Gasteiger partial charge in [-0.2, -0.15) is 0 Å². The Morgan fingerprint density at radius 1 is 0.400 bits per heavy atom. The monoisotopic (exact) mass is 82.2 g/mol. The van der Waals surface area contributed by atoms with E-state index in [4.69, 9.17) is 0 Å². The molecule has 42 valence electrons. The van der Waals surface area contributed by atoms with Crippen LogP contribution in [0.15, 0.2) is 0 Å². The average Bonchev–Trinajstić information content (AvgIpc) is 0. The second kappa shape index (κ2) is 0. The third kappa shape index (κ3) is 0. The molecule has 0 atom stereocenters. The molecule has 0 unspecified atom stereocenters. The minimum absolute atomic E-state index is 0. The summed E-state index contributed by atoms with van der Waals surface area (Å²) in [4.78, 5) is 0. The van der Waals surface area contributed by atoms with Crippen molar-refractivity contribution in [2.45, 2.75) is 37.1 Å². The van der Waals surface area contributed by atoms with E-state index in [1.54, 1.807) is 0 Å². The normalized spacial score (nSPS) is 0. The molecule has 5 heavy (non-hydrogen) atoms. The van der Waals surface area contributed by atoms with Gasteiger partial charge >= 0.3 is 0 Å². The molecule has 0 aromatic rings. The summed E-state index contributed by atoms with van der Waals surface area (Å²) in [6.45, 7) is 0. The van der Waals surface area contributed by atoms with Gasteiger partial charge in [0.05, 0.1) is 0 Å². The molecular weight excluding hydrogens is 60.1 g/mol. The minimum Gasteiger partial charge on any atom is -0.0776 e. The summed E-state index contributed by atoms with van der Waals surface area (Å²) in [7, 11) is 0. The summed E-state index contributed by atoms with van der Waals surface area (Å²) in [6.07, 6.45) is 0. The fraction of sp³-hybridized carbons (Fsp3) is 1.00. The first-order valence-corrected chi connectivity index (χ1v) is 0. The molecule has 0 aromatic heterocycles. The molecule has 0 saturated carbocycles. The molecule has 0 heterocycles. The predicted molar refractivity (Wildman–Crippen MR) is 35.8 cm³/mol. The molecule has 0 aromatic carbocycles. The Hall–Kier alpha value is 0. The van der Waals surface area contributed by atoms with Gasteiger partial charge in [-0.3, -0.25) is 0 Å². The van der Waals surface area contributed by atoms with Crippen LogP contribution in [-0.2, 0) is 0 Å². The van der Waals surface area contributed by atoms with Crippen LogP contribution in [0.25, 0.3) is 0 Å². The lowest BCUT2D eigenvalue weighted by atomic mass is 12.0. The third-order valence-corrected chi connectivity index (χ3v) is 0. The van der Waals surface area contributed by atoms with Gasteiger partial charge in [0, 0.05) is 1.43 Å². The molecule has 0 bridgehead atoms. The molecule has 0 aliphatic rings. The summed E-state index contributed by atoms with van der Waals surface area (Å²) >= 11 is 0. The zero-order valence-electron chi connectivity index (χ0n) is 0. The Labute approximate surface area is 39.7 Å². The van der Waals surface area contributed by atoms with E-state index in [9.17, 15) is 0 Å². The predicted octanol–water partition coefficient (Wildman–Crippen LogP) is 3.43. The van der Waals surface area contributed by atoms with Crippen LogP contribution in [-0.4, -0.2) is 0 Å². The zero-order chi connectivity index (χ0) is 0. The first-order chi connectivity index (χ1) is 0. The van der Waals surface area contributed by atoms with Gasteiger partial charge in [0.2, 0.25) is 0 Å². The summed E-state index contributed by atoms with van der Waals surface area (Å²) in [5.74, 6) is 0. The third-order valence-electron chi connectivity index (χ3n) is 0. The highest BCUT2D eigenvalue weighted by molar-refractivity contribution is 2.51. The van der Waals surface area contributed by atoms with Crippen LogP contribution in [0.1, 0.15) is 38.6 Å². The zero-order valence-corrected chi connectivity index (χ0v) is 0. The van der Waals surface area contributed by atoms with Gasteiger partial charge in [-0.1, -0.05) is 37.1 Å². The maximum absolute atomic E-state index is 0. The molecule has 0 rings (SSSR count). The van der Waals surface area contributed by atoms with E-state index in [2.05, 4.69) is 0 Å². The number of rotatable bonds is 0. The van der Waals surface area contributed by atoms with Crippen molar-refractivity contribution in [2.24, 2.45) is 0 Å². The highest BCUT2D eigenvalue weighted by atomic mass is 12.0. The quantitative estimate of drug-likeness (QED) is 0.420. The van der Waals surface area contributed by atoms with Gasteiger partial charge < -0.3 is 0 Å².